The van der Waals surface area contributed by atoms with Crippen molar-refractivity contribution in [3.05, 3.63) is 40.8 Å². The predicted octanol–water partition coefficient (Wildman–Crippen LogP) is 1.52. The maximum atomic E-state index is 12.3. The number of aromatic nitrogens is 4. The third kappa shape index (κ3) is 3.71. The number of fused-ring (bicyclic) bond motifs is 1. The number of carbonyl (C=O) groups excluding carboxylic acids is 1. The minimum Gasteiger partial charge on any atom is -0.290 e. The number of rotatable bonds is 5. The molecule has 0 radical (unpaired) electrons. The van der Waals surface area contributed by atoms with Gasteiger partial charge in [0.25, 0.3) is 11.8 Å². The Labute approximate surface area is 147 Å². The summed E-state index contributed by atoms with van der Waals surface area (Å²) in [6, 6.07) is 7.27. The van der Waals surface area contributed by atoms with Gasteiger partial charge < -0.3 is 0 Å². The number of nitrogens with one attached hydrogen (secondary N) is 1. The van der Waals surface area contributed by atoms with Crippen molar-refractivity contribution in [2.24, 2.45) is 7.05 Å². The molecule has 0 bridgehead atoms. The quantitative estimate of drug-likeness (QED) is 0.421. The summed E-state index contributed by atoms with van der Waals surface area (Å²) >= 11 is 1.19. The van der Waals surface area contributed by atoms with Gasteiger partial charge in [-0.2, -0.15) is 0 Å². The van der Waals surface area contributed by atoms with Crippen LogP contribution in [-0.4, -0.2) is 26.5 Å². The van der Waals surface area contributed by atoms with E-state index in [0.717, 1.165) is 0 Å². The van der Waals surface area contributed by atoms with Crippen molar-refractivity contribution >= 4 is 34.5 Å². The van der Waals surface area contributed by atoms with Crippen molar-refractivity contribution in [3.63, 3.8) is 0 Å². The first-order valence-corrected chi connectivity index (χ1v) is 8.71. The normalized spacial score (nSPS) is 11.2. The fourth-order valence-electron chi connectivity index (χ4n) is 2.19. The van der Waals surface area contributed by atoms with E-state index in [0.29, 0.717) is 16.1 Å². The van der Waals surface area contributed by atoms with Crippen LogP contribution in [0, 0.1) is 0 Å². The van der Waals surface area contributed by atoms with Gasteiger partial charge in [0.05, 0.1) is 16.7 Å². The second-order valence-electron chi connectivity index (χ2n) is 5.75. The fourth-order valence-corrected chi connectivity index (χ4v) is 2.96. The molecule has 0 unspecified atom stereocenters. The number of para-hydroxylation sites is 1. The summed E-state index contributed by atoms with van der Waals surface area (Å²) in [5.41, 5.74) is 0.475. The van der Waals surface area contributed by atoms with Crippen molar-refractivity contribution in [1.29, 1.82) is 0 Å². The van der Waals surface area contributed by atoms with E-state index in [9.17, 15) is 9.59 Å². The van der Waals surface area contributed by atoms with E-state index in [4.69, 9.17) is 4.52 Å². The summed E-state index contributed by atoms with van der Waals surface area (Å²) in [5, 5.41) is 7.48. The number of hydrogen-bond acceptors (Lipinski definition) is 6. The minimum atomic E-state index is -0.264. The monoisotopic (exact) mass is 360 g/mol. The molecule has 9 heteroatoms. The molecular weight excluding hydrogens is 342 g/mol. The fraction of sp³-hybridized carbons (Fsp3) is 0.312. The van der Waals surface area contributed by atoms with Crippen molar-refractivity contribution in [2.45, 2.75) is 25.0 Å². The molecule has 0 saturated heterocycles. The number of amides is 1. The zero-order valence-electron chi connectivity index (χ0n) is 14.1. The Hall–Kier alpha value is -2.68. The third-order valence-corrected chi connectivity index (χ3v) is 4.58. The first kappa shape index (κ1) is 17.2. The van der Waals surface area contributed by atoms with Gasteiger partial charge in [-0.05, 0) is 30.7 Å². The molecule has 0 spiro atoms. The topological polar surface area (TPSA) is 93.9 Å². The molecule has 0 aliphatic rings. The van der Waals surface area contributed by atoms with Gasteiger partial charge in [0.2, 0.25) is 11.2 Å². The molecule has 3 rings (SSSR count). The molecule has 0 atom stereocenters. The Morgan fingerprint density at radius 1 is 1.40 bits per heavy atom. The summed E-state index contributed by atoms with van der Waals surface area (Å²) in [6.45, 7) is 3.91. The highest BCUT2D eigenvalue weighted by molar-refractivity contribution is 7.99. The standard InChI is InChI=1S/C16H17N5O3S/c1-10(2)21-8-14(24-19-21)18-13(22)9-25-16-17-12-7-5-4-6-11(12)15(23)20(16)3/h4-8,10H,9H2,1-3H3/p+1. The Balaban J connectivity index is 1.70. The smallest absolute Gasteiger partial charge is 0.290 e. The van der Waals surface area contributed by atoms with Gasteiger partial charge in [0.15, 0.2) is 11.2 Å². The molecule has 0 aliphatic carbocycles. The number of carbonyl (C=O) groups is 1. The van der Waals surface area contributed by atoms with E-state index in [-0.39, 0.29) is 29.1 Å². The van der Waals surface area contributed by atoms with E-state index in [1.807, 2.05) is 19.9 Å². The molecular formula is C16H18N5O3S+. The Bertz CT molecular complexity index is 979. The average molecular weight is 360 g/mol. The SMILES string of the molecule is CC(C)[n+]1cc(NC(=O)CSc2nc3ccccc3c(=O)n2C)on1. The summed E-state index contributed by atoms with van der Waals surface area (Å²) < 4.78 is 8.10. The molecule has 1 N–H and O–H groups in total. The third-order valence-electron chi connectivity index (χ3n) is 3.55. The average Bonchev–Trinajstić information content (AvgIpc) is 3.05. The first-order chi connectivity index (χ1) is 12.0. The number of anilines is 1. The second kappa shape index (κ2) is 7.06. The van der Waals surface area contributed by atoms with E-state index in [1.54, 1.807) is 36.1 Å². The van der Waals surface area contributed by atoms with Crippen LogP contribution in [0.4, 0.5) is 5.88 Å². The molecule has 3 aromatic rings. The maximum absolute atomic E-state index is 12.3. The van der Waals surface area contributed by atoms with Gasteiger partial charge >= 0.3 is 5.88 Å². The Morgan fingerprint density at radius 3 is 2.88 bits per heavy atom. The molecule has 25 heavy (non-hydrogen) atoms. The van der Waals surface area contributed by atoms with Gasteiger partial charge in [-0.3, -0.25) is 24.0 Å². The van der Waals surface area contributed by atoms with Gasteiger partial charge in [0, 0.05) is 7.05 Å². The molecule has 0 aliphatic heterocycles. The summed E-state index contributed by atoms with van der Waals surface area (Å²) in [4.78, 5) is 28.9. The van der Waals surface area contributed by atoms with Crippen LogP contribution in [0.5, 0.6) is 0 Å². The molecule has 1 amide bonds. The van der Waals surface area contributed by atoms with E-state index >= 15 is 0 Å². The van der Waals surface area contributed by atoms with Crippen molar-refractivity contribution in [1.82, 2.24) is 14.8 Å². The minimum absolute atomic E-state index is 0.0982. The van der Waals surface area contributed by atoms with Gasteiger partial charge in [-0.1, -0.05) is 23.9 Å². The summed E-state index contributed by atoms with van der Waals surface area (Å²) in [5.74, 6) is 0.111. The number of nitrogens with zero attached hydrogens (tertiary/aromatic N) is 4. The zero-order valence-corrected chi connectivity index (χ0v) is 14.9. The lowest BCUT2D eigenvalue weighted by molar-refractivity contribution is -0.779. The predicted molar refractivity (Wildman–Crippen MR) is 93.4 cm³/mol. The lowest BCUT2D eigenvalue weighted by atomic mass is 10.2. The number of benzene rings is 1. The lowest BCUT2D eigenvalue weighted by Gasteiger charge is -2.08. The maximum Gasteiger partial charge on any atom is 0.302 e. The van der Waals surface area contributed by atoms with Crippen LogP contribution in [-0.2, 0) is 11.8 Å². The van der Waals surface area contributed by atoms with E-state index in [1.165, 1.54) is 16.3 Å². The number of thioether (sulfide) groups is 1. The highest BCUT2D eigenvalue weighted by atomic mass is 32.2. The largest absolute Gasteiger partial charge is 0.302 e. The highest BCUT2D eigenvalue weighted by Gasteiger charge is 2.17. The van der Waals surface area contributed by atoms with Crippen LogP contribution in [0.25, 0.3) is 10.9 Å². The molecule has 0 saturated carbocycles. The molecule has 130 valence electrons. The van der Waals surface area contributed by atoms with E-state index in [2.05, 4.69) is 15.6 Å². The number of hydrogen-bond donors (Lipinski definition) is 1. The lowest BCUT2D eigenvalue weighted by Crippen LogP contribution is -2.36. The first-order valence-electron chi connectivity index (χ1n) is 7.72. The summed E-state index contributed by atoms with van der Waals surface area (Å²) in [6.07, 6.45) is 1.62. The molecule has 1 aromatic carbocycles. The van der Waals surface area contributed by atoms with Crippen LogP contribution < -0.4 is 15.6 Å². The molecule has 2 heterocycles. The van der Waals surface area contributed by atoms with Crippen molar-refractivity contribution in [2.75, 3.05) is 11.1 Å². The Kier molecular flexibility index (Phi) is 4.84. The second-order valence-corrected chi connectivity index (χ2v) is 6.70. The van der Waals surface area contributed by atoms with Crippen LogP contribution in [0.15, 0.2) is 44.9 Å². The molecule has 0 fully saturated rings. The van der Waals surface area contributed by atoms with Gasteiger partial charge in [0.1, 0.15) is 0 Å². The molecule has 8 nitrogen and oxygen atoms in total. The highest BCUT2D eigenvalue weighted by Crippen LogP contribution is 2.17. The Morgan fingerprint density at radius 2 is 2.16 bits per heavy atom. The van der Waals surface area contributed by atoms with Crippen LogP contribution in [0.3, 0.4) is 0 Å². The van der Waals surface area contributed by atoms with Crippen molar-refractivity contribution < 1.29 is 14.0 Å². The summed E-state index contributed by atoms with van der Waals surface area (Å²) in [7, 11) is 1.64. The van der Waals surface area contributed by atoms with E-state index < -0.39 is 0 Å². The van der Waals surface area contributed by atoms with Crippen LogP contribution in [0.2, 0.25) is 0 Å². The van der Waals surface area contributed by atoms with Gasteiger partial charge in [-0.25, -0.2) is 4.98 Å². The van der Waals surface area contributed by atoms with Crippen LogP contribution in [0.1, 0.15) is 19.9 Å². The zero-order chi connectivity index (χ0) is 18.0. The molecule has 2 aromatic heterocycles. The van der Waals surface area contributed by atoms with Crippen molar-refractivity contribution in [3.8, 4) is 0 Å². The van der Waals surface area contributed by atoms with Gasteiger partial charge in [-0.15, -0.1) is 0 Å². The van der Waals surface area contributed by atoms with Crippen LogP contribution >= 0.6 is 11.8 Å².